The number of rotatable bonds is 1. The van der Waals surface area contributed by atoms with Crippen molar-refractivity contribution in [3.05, 3.63) is 29.8 Å². The first-order chi connectivity index (χ1) is 6.33. The van der Waals surface area contributed by atoms with E-state index in [0.29, 0.717) is 0 Å². The largest absolute Gasteiger partial charge is 0.377 e. The molecule has 70 valence electrons. The Labute approximate surface area is 79.1 Å². The van der Waals surface area contributed by atoms with Crippen LogP contribution in [0.4, 0.5) is 5.69 Å². The summed E-state index contributed by atoms with van der Waals surface area (Å²) < 4.78 is 5.44. The van der Waals surface area contributed by atoms with Gasteiger partial charge in [-0.15, -0.1) is 0 Å². The van der Waals surface area contributed by atoms with Gasteiger partial charge in [0.05, 0.1) is 6.10 Å². The van der Waals surface area contributed by atoms with E-state index >= 15 is 0 Å². The number of nitrogens with zero attached hydrogens (tertiary/aromatic N) is 1. The minimum atomic E-state index is 0.285. The standard InChI is InChI=1S/C11H15NO/c1-12-8-7-11(13-2)9-5-3-4-6-10(9)12/h3-6,11H,7-8H2,1-2H3. The maximum absolute atomic E-state index is 5.44. The van der Waals surface area contributed by atoms with Gasteiger partial charge in [0.25, 0.3) is 0 Å². The van der Waals surface area contributed by atoms with Gasteiger partial charge in [0.15, 0.2) is 0 Å². The van der Waals surface area contributed by atoms with Crippen molar-refractivity contribution < 1.29 is 4.74 Å². The highest BCUT2D eigenvalue weighted by Gasteiger charge is 2.21. The van der Waals surface area contributed by atoms with Gasteiger partial charge in [-0.2, -0.15) is 0 Å². The first kappa shape index (κ1) is 8.57. The Bertz CT molecular complexity index is 298. The van der Waals surface area contributed by atoms with Gasteiger partial charge >= 0.3 is 0 Å². The van der Waals surface area contributed by atoms with Crippen molar-refractivity contribution >= 4 is 5.69 Å². The number of anilines is 1. The summed E-state index contributed by atoms with van der Waals surface area (Å²) >= 11 is 0. The average molecular weight is 177 g/mol. The van der Waals surface area contributed by atoms with Crippen LogP contribution in [-0.4, -0.2) is 20.7 Å². The molecule has 0 N–H and O–H groups in total. The third-order valence-electron chi connectivity index (χ3n) is 2.71. The van der Waals surface area contributed by atoms with Crippen LogP contribution in [0.15, 0.2) is 24.3 Å². The molecule has 0 radical (unpaired) electrons. The molecule has 2 nitrogen and oxygen atoms in total. The third kappa shape index (κ3) is 1.42. The highest BCUT2D eigenvalue weighted by molar-refractivity contribution is 5.55. The molecule has 0 aromatic heterocycles. The van der Waals surface area contributed by atoms with E-state index in [9.17, 15) is 0 Å². The van der Waals surface area contributed by atoms with Crippen LogP contribution in [0.3, 0.4) is 0 Å². The van der Waals surface area contributed by atoms with Gasteiger partial charge in [-0.3, -0.25) is 0 Å². The van der Waals surface area contributed by atoms with Crippen LogP contribution in [0.2, 0.25) is 0 Å². The normalized spacial score (nSPS) is 21.4. The molecule has 0 spiro atoms. The van der Waals surface area contributed by atoms with E-state index in [-0.39, 0.29) is 6.10 Å². The maximum atomic E-state index is 5.44. The van der Waals surface area contributed by atoms with Crippen LogP contribution >= 0.6 is 0 Å². The summed E-state index contributed by atoms with van der Waals surface area (Å²) in [5, 5.41) is 0. The van der Waals surface area contributed by atoms with Crippen LogP contribution < -0.4 is 4.90 Å². The van der Waals surface area contributed by atoms with Crippen LogP contribution in [0.5, 0.6) is 0 Å². The van der Waals surface area contributed by atoms with Gasteiger partial charge in [0.2, 0.25) is 0 Å². The highest BCUT2D eigenvalue weighted by Crippen LogP contribution is 2.34. The van der Waals surface area contributed by atoms with Crippen molar-refractivity contribution in [3.8, 4) is 0 Å². The molecule has 0 saturated heterocycles. The fourth-order valence-electron chi connectivity index (χ4n) is 1.94. The number of para-hydroxylation sites is 1. The molecule has 1 aliphatic rings. The molecular formula is C11H15NO. The molecule has 0 fully saturated rings. The minimum absolute atomic E-state index is 0.285. The fraction of sp³-hybridized carbons (Fsp3) is 0.455. The van der Waals surface area contributed by atoms with Gasteiger partial charge in [0.1, 0.15) is 0 Å². The number of fused-ring (bicyclic) bond motifs is 1. The number of hydrogen-bond acceptors (Lipinski definition) is 2. The molecule has 0 bridgehead atoms. The van der Waals surface area contributed by atoms with Gasteiger partial charge < -0.3 is 9.64 Å². The lowest BCUT2D eigenvalue weighted by molar-refractivity contribution is 0.0942. The number of benzene rings is 1. The summed E-state index contributed by atoms with van der Waals surface area (Å²) in [5.74, 6) is 0. The molecule has 13 heavy (non-hydrogen) atoms. The Morgan fingerprint density at radius 3 is 2.92 bits per heavy atom. The zero-order valence-electron chi connectivity index (χ0n) is 8.16. The topological polar surface area (TPSA) is 12.5 Å². The van der Waals surface area contributed by atoms with Crippen molar-refractivity contribution in [2.75, 3.05) is 25.6 Å². The first-order valence-corrected chi connectivity index (χ1v) is 4.66. The summed E-state index contributed by atoms with van der Waals surface area (Å²) in [4.78, 5) is 2.28. The summed E-state index contributed by atoms with van der Waals surface area (Å²) in [6, 6.07) is 8.46. The second kappa shape index (κ2) is 3.38. The number of methoxy groups -OCH3 is 1. The molecule has 1 aliphatic heterocycles. The Morgan fingerprint density at radius 1 is 1.38 bits per heavy atom. The van der Waals surface area contributed by atoms with Crippen LogP contribution in [0.25, 0.3) is 0 Å². The molecule has 0 aliphatic carbocycles. The van der Waals surface area contributed by atoms with E-state index in [2.05, 4.69) is 36.2 Å². The zero-order valence-corrected chi connectivity index (χ0v) is 8.16. The van der Waals surface area contributed by atoms with Crippen molar-refractivity contribution in [3.63, 3.8) is 0 Å². The van der Waals surface area contributed by atoms with E-state index in [1.165, 1.54) is 11.3 Å². The smallest absolute Gasteiger partial charge is 0.0857 e. The maximum Gasteiger partial charge on any atom is 0.0857 e. The van der Waals surface area contributed by atoms with Crippen molar-refractivity contribution in [1.82, 2.24) is 0 Å². The molecule has 0 amide bonds. The van der Waals surface area contributed by atoms with E-state index in [1.807, 2.05) is 0 Å². The Kier molecular flexibility index (Phi) is 2.23. The number of hydrogen-bond donors (Lipinski definition) is 0. The third-order valence-corrected chi connectivity index (χ3v) is 2.71. The summed E-state index contributed by atoms with van der Waals surface area (Å²) in [5.41, 5.74) is 2.62. The van der Waals surface area contributed by atoms with Gasteiger partial charge in [-0.1, -0.05) is 18.2 Å². The Balaban J connectivity index is 2.42. The molecule has 1 aromatic carbocycles. The lowest BCUT2D eigenvalue weighted by Crippen LogP contribution is -2.27. The van der Waals surface area contributed by atoms with Gasteiger partial charge in [-0.25, -0.2) is 0 Å². The quantitative estimate of drug-likeness (QED) is 0.652. The van der Waals surface area contributed by atoms with Crippen LogP contribution in [0, 0.1) is 0 Å². The van der Waals surface area contributed by atoms with E-state index in [0.717, 1.165) is 13.0 Å². The molecule has 2 heteroatoms. The fourth-order valence-corrected chi connectivity index (χ4v) is 1.94. The lowest BCUT2D eigenvalue weighted by Gasteiger charge is -2.32. The Hall–Kier alpha value is -1.02. The summed E-state index contributed by atoms with van der Waals surface area (Å²) in [6.07, 6.45) is 1.37. The highest BCUT2D eigenvalue weighted by atomic mass is 16.5. The van der Waals surface area contributed by atoms with Crippen molar-refractivity contribution in [1.29, 1.82) is 0 Å². The average Bonchev–Trinajstić information content (AvgIpc) is 2.19. The van der Waals surface area contributed by atoms with E-state index in [1.54, 1.807) is 7.11 Å². The lowest BCUT2D eigenvalue weighted by atomic mass is 9.99. The monoisotopic (exact) mass is 177 g/mol. The minimum Gasteiger partial charge on any atom is -0.377 e. The molecule has 2 rings (SSSR count). The predicted octanol–water partition coefficient (Wildman–Crippen LogP) is 2.21. The van der Waals surface area contributed by atoms with Gasteiger partial charge in [-0.05, 0) is 12.5 Å². The molecule has 0 saturated carbocycles. The molecule has 1 aromatic rings. The molecule has 1 unspecified atom stereocenters. The summed E-state index contributed by atoms with van der Waals surface area (Å²) in [7, 11) is 3.91. The predicted molar refractivity (Wildman–Crippen MR) is 54.1 cm³/mol. The Morgan fingerprint density at radius 2 is 2.15 bits per heavy atom. The molecule has 1 heterocycles. The second-order valence-electron chi connectivity index (χ2n) is 3.49. The number of ether oxygens (including phenoxy) is 1. The summed E-state index contributed by atoms with van der Waals surface area (Å²) in [6.45, 7) is 1.08. The van der Waals surface area contributed by atoms with E-state index < -0.39 is 0 Å². The van der Waals surface area contributed by atoms with E-state index in [4.69, 9.17) is 4.74 Å². The first-order valence-electron chi connectivity index (χ1n) is 4.66. The SMILES string of the molecule is COC1CCN(C)c2ccccc21. The van der Waals surface area contributed by atoms with Crippen molar-refractivity contribution in [2.24, 2.45) is 0 Å². The second-order valence-corrected chi connectivity index (χ2v) is 3.49. The van der Waals surface area contributed by atoms with Crippen LogP contribution in [-0.2, 0) is 4.74 Å². The van der Waals surface area contributed by atoms with Crippen LogP contribution in [0.1, 0.15) is 18.1 Å². The van der Waals surface area contributed by atoms with Gasteiger partial charge in [0, 0.05) is 32.0 Å². The molecule has 1 atom stereocenters. The van der Waals surface area contributed by atoms with Crippen molar-refractivity contribution in [2.45, 2.75) is 12.5 Å². The molecular weight excluding hydrogens is 162 g/mol. The zero-order chi connectivity index (χ0) is 9.26.